The van der Waals surface area contributed by atoms with Gasteiger partial charge in [0.1, 0.15) is 0 Å². The Morgan fingerprint density at radius 1 is 1.04 bits per heavy atom. The topological polar surface area (TPSA) is 76.4 Å². The fourth-order valence-electron chi connectivity index (χ4n) is 2.37. The monoisotopic (exact) mass is 329 g/mol. The van der Waals surface area contributed by atoms with Crippen LogP contribution in [0.25, 0.3) is 0 Å². The van der Waals surface area contributed by atoms with Crippen molar-refractivity contribution in [2.75, 3.05) is 13.2 Å². The number of nitriles is 1. The fraction of sp³-hybridized carbons (Fsp3) is 0.235. The average Bonchev–Trinajstić information content (AvgIpc) is 2.79. The standard InChI is InChI=1S/C17H15NO4S/c18-11-13-3-1-4-14(9-13)12-23(19,20)15-5-6-16-17(10-15)22-8-2-7-21-16/h1,3-6,9-10H,2,7-8,12H2. The number of benzene rings is 2. The van der Waals surface area contributed by atoms with Crippen LogP contribution in [0.3, 0.4) is 0 Å². The average molecular weight is 329 g/mol. The van der Waals surface area contributed by atoms with E-state index in [1.165, 1.54) is 12.1 Å². The van der Waals surface area contributed by atoms with Crippen molar-refractivity contribution in [1.29, 1.82) is 5.26 Å². The Bertz CT molecular complexity index is 868. The van der Waals surface area contributed by atoms with E-state index in [4.69, 9.17) is 14.7 Å². The number of ether oxygens (including phenoxy) is 2. The molecule has 1 aliphatic heterocycles. The van der Waals surface area contributed by atoms with Crippen LogP contribution in [-0.2, 0) is 15.6 Å². The molecule has 0 atom stereocenters. The molecule has 0 spiro atoms. The minimum atomic E-state index is -3.53. The van der Waals surface area contributed by atoms with Gasteiger partial charge in [-0.05, 0) is 29.8 Å². The molecular weight excluding hydrogens is 314 g/mol. The third kappa shape index (κ3) is 3.46. The highest BCUT2D eigenvalue weighted by molar-refractivity contribution is 7.90. The number of sulfone groups is 1. The van der Waals surface area contributed by atoms with Gasteiger partial charge in [-0.3, -0.25) is 0 Å². The van der Waals surface area contributed by atoms with E-state index in [-0.39, 0.29) is 10.6 Å². The van der Waals surface area contributed by atoms with Gasteiger partial charge in [0.15, 0.2) is 21.3 Å². The molecule has 5 nitrogen and oxygen atoms in total. The van der Waals surface area contributed by atoms with Crippen molar-refractivity contribution < 1.29 is 17.9 Å². The minimum Gasteiger partial charge on any atom is -0.490 e. The summed E-state index contributed by atoms with van der Waals surface area (Å²) in [4.78, 5) is 0.184. The Morgan fingerprint density at radius 3 is 2.61 bits per heavy atom. The quantitative estimate of drug-likeness (QED) is 0.865. The van der Waals surface area contributed by atoms with Crippen LogP contribution < -0.4 is 9.47 Å². The highest BCUT2D eigenvalue weighted by Crippen LogP contribution is 2.32. The largest absolute Gasteiger partial charge is 0.490 e. The third-order valence-corrected chi connectivity index (χ3v) is 5.18. The Labute approximate surface area is 135 Å². The van der Waals surface area contributed by atoms with Crippen molar-refractivity contribution in [2.24, 2.45) is 0 Å². The summed E-state index contributed by atoms with van der Waals surface area (Å²) in [6, 6.07) is 13.3. The first-order chi connectivity index (χ1) is 11.1. The lowest BCUT2D eigenvalue weighted by Crippen LogP contribution is -2.06. The normalized spacial score (nSPS) is 13.9. The number of nitrogens with zero attached hydrogens (tertiary/aromatic N) is 1. The SMILES string of the molecule is N#Cc1cccc(CS(=O)(=O)c2ccc3c(c2)OCCCO3)c1. The molecule has 3 rings (SSSR count). The van der Waals surface area contributed by atoms with Gasteiger partial charge in [0, 0.05) is 12.5 Å². The van der Waals surface area contributed by atoms with Crippen LogP contribution in [0.5, 0.6) is 11.5 Å². The highest BCUT2D eigenvalue weighted by Gasteiger charge is 2.19. The van der Waals surface area contributed by atoms with Crippen molar-refractivity contribution in [1.82, 2.24) is 0 Å². The molecule has 1 aliphatic rings. The highest BCUT2D eigenvalue weighted by atomic mass is 32.2. The molecule has 6 heteroatoms. The van der Waals surface area contributed by atoms with Crippen LogP contribution in [0, 0.1) is 11.3 Å². The van der Waals surface area contributed by atoms with E-state index in [0.717, 1.165) is 6.42 Å². The Kier molecular flexibility index (Phi) is 4.22. The van der Waals surface area contributed by atoms with Crippen molar-refractivity contribution in [3.63, 3.8) is 0 Å². The zero-order chi connectivity index (χ0) is 16.3. The molecule has 118 valence electrons. The lowest BCUT2D eigenvalue weighted by Gasteiger charge is -2.10. The molecule has 0 bridgehead atoms. The lowest BCUT2D eigenvalue weighted by atomic mass is 10.2. The Hall–Kier alpha value is -2.52. The van der Waals surface area contributed by atoms with Gasteiger partial charge >= 0.3 is 0 Å². The van der Waals surface area contributed by atoms with Gasteiger partial charge in [0.2, 0.25) is 0 Å². The minimum absolute atomic E-state index is 0.165. The van der Waals surface area contributed by atoms with Gasteiger partial charge in [-0.2, -0.15) is 5.26 Å². The second kappa shape index (κ2) is 6.31. The summed E-state index contributed by atoms with van der Waals surface area (Å²) >= 11 is 0. The van der Waals surface area contributed by atoms with E-state index in [1.807, 2.05) is 6.07 Å². The van der Waals surface area contributed by atoms with Crippen LogP contribution in [0.1, 0.15) is 17.5 Å². The van der Waals surface area contributed by atoms with Crippen LogP contribution in [0.4, 0.5) is 0 Å². The van der Waals surface area contributed by atoms with E-state index in [0.29, 0.717) is 35.8 Å². The number of rotatable bonds is 3. The van der Waals surface area contributed by atoms with E-state index in [9.17, 15) is 8.42 Å². The maximum atomic E-state index is 12.6. The predicted octanol–water partition coefficient (Wildman–Crippen LogP) is 2.69. The maximum absolute atomic E-state index is 12.6. The van der Waals surface area contributed by atoms with Gasteiger partial charge in [-0.15, -0.1) is 0 Å². The van der Waals surface area contributed by atoms with Crippen molar-refractivity contribution in [2.45, 2.75) is 17.1 Å². The summed E-state index contributed by atoms with van der Waals surface area (Å²) in [7, 11) is -3.53. The van der Waals surface area contributed by atoms with Gasteiger partial charge in [-0.1, -0.05) is 12.1 Å². The number of hydrogen-bond donors (Lipinski definition) is 0. The first kappa shape index (κ1) is 15.4. The summed E-state index contributed by atoms with van der Waals surface area (Å²) in [5.41, 5.74) is 1.02. The van der Waals surface area contributed by atoms with Gasteiger partial charge in [0.05, 0.1) is 35.5 Å². The molecular formula is C17H15NO4S. The summed E-state index contributed by atoms with van der Waals surface area (Å²) in [5.74, 6) is 0.851. The molecule has 0 amide bonds. The smallest absolute Gasteiger partial charge is 0.182 e. The van der Waals surface area contributed by atoms with Crippen molar-refractivity contribution in [3.8, 4) is 17.6 Å². The number of hydrogen-bond acceptors (Lipinski definition) is 5. The first-order valence-electron chi connectivity index (χ1n) is 7.20. The fourth-order valence-corrected chi connectivity index (χ4v) is 3.72. The van der Waals surface area contributed by atoms with Crippen LogP contribution in [0.15, 0.2) is 47.4 Å². The summed E-state index contributed by atoms with van der Waals surface area (Å²) in [5, 5.41) is 8.91. The molecule has 0 aromatic heterocycles. The zero-order valence-electron chi connectivity index (χ0n) is 12.4. The summed E-state index contributed by atoms with van der Waals surface area (Å²) in [6.07, 6.45) is 0.762. The first-order valence-corrected chi connectivity index (χ1v) is 8.85. The molecule has 0 fully saturated rings. The molecule has 0 N–H and O–H groups in total. The zero-order valence-corrected chi connectivity index (χ0v) is 13.2. The Morgan fingerprint density at radius 2 is 1.83 bits per heavy atom. The molecule has 2 aromatic rings. The third-order valence-electron chi connectivity index (χ3n) is 3.49. The van der Waals surface area contributed by atoms with Gasteiger partial charge < -0.3 is 9.47 Å². The molecule has 0 unspecified atom stereocenters. The summed E-state index contributed by atoms with van der Waals surface area (Å²) < 4.78 is 36.2. The molecule has 0 saturated heterocycles. The molecule has 0 radical (unpaired) electrons. The van der Waals surface area contributed by atoms with E-state index < -0.39 is 9.84 Å². The molecule has 0 saturated carbocycles. The van der Waals surface area contributed by atoms with Gasteiger partial charge in [-0.25, -0.2) is 8.42 Å². The van der Waals surface area contributed by atoms with Crippen molar-refractivity contribution in [3.05, 3.63) is 53.6 Å². The predicted molar refractivity (Wildman–Crippen MR) is 84.1 cm³/mol. The molecule has 0 aliphatic carbocycles. The summed E-state index contributed by atoms with van der Waals surface area (Å²) in [6.45, 7) is 1.06. The molecule has 2 aromatic carbocycles. The second-order valence-electron chi connectivity index (χ2n) is 5.23. The van der Waals surface area contributed by atoms with E-state index in [2.05, 4.69) is 0 Å². The van der Waals surface area contributed by atoms with E-state index >= 15 is 0 Å². The van der Waals surface area contributed by atoms with Crippen LogP contribution >= 0.6 is 0 Å². The van der Waals surface area contributed by atoms with Crippen LogP contribution in [0.2, 0.25) is 0 Å². The second-order valence-corrected chi connectivity index (χ2v) is 7.22. The number of fused-ring (bicyclic) bond motifs is 1. The lowest BCUT2D eigenvalue weighted by molar-refractivity contribution is 0.297. The molecule has 1 heterocycles. The van der Waals surface area contributed by atoms with Crippen LogP contribution in [-0.4, -0.2) is 21.6 Å². The molecule has 23 heavy (non-hydrogen) atoms. The van der Waals surface area contributed by atoms with Gasteiger partial charge in [0.25, 0.3) is 0 Å². The van der Waals surface area contributed by atoms with Crippen molar-refractivity contribution >= 4 is 9.84 Å². The maximum Gasteiger partial charge on any atom is 0.182 e. The van der Waals surface area contributed by atoms with E-state index in [1.54, 1.807) is 30.3 Å². The Balaban J connectivity index is 1.90.